The van der Waals surface area contributed by atoms with E-state index < -0.39 is 0 Å². The Morgan fingerprint density at radius 2 is 1.83 bits per heavy atom. The second kappa shape index (κ2) is 8.77. The van der Waals surface area contributed by atoms with E-state index >= 15 is 0 Å². The maximum atomic E-state index is 12.4. The smallest absolute Gasteiger partial charge is 0.246 e. The molecular formula is C19H17ClN2O. The fourth-order valence-corrected chi connectivity index (χ4v) is 2.33. The molecule has 2 rings (SSSR count). The summed E-state index contributed by atoms with van der Waals surface area (Å²) in [6.45, 7) is 0.880. The molecule has 0 radical (unpaired) electrons. The number of amides is 1. The van der Waals surface area contributed by atoms with Gasteiger partial charge in [0.1, 0.15) is 0 Å². The van der Waals surface area contributed by atoms with E-state index in [4.69, 9.17) is 16.9 Å². The van der Waals surface area contributed by atoms with Crippen molar-refractivity contribution < 1.29 is 4.79 Å². The quantitative estimate of drug-likeness (QED) is 0.744. The van der Waals surface area contributed by atoms with Crippen molar-refractivity contribution in [3.63, 3.8) is 0 Å². The number of benzene rings is 2. The largest absolute Gasteiger partial charge is 0.334 e. The van der Waals surface area contributed by atoms with Crippen LogP contribution in [0.15, 0.2) is 60.7 Å². The molecule has 0 saturated heterocycles. The van der Waals surface area contributed by atoms with Gasteiger partial charge in [-0.1, -0.05) is 60.1 Å². The van der Waals surface area contributed by atoms with Crippen LogP contribution in [0.2, 0.25) is 5.02 Å². The minimum Gasteiger partial charge on any atom is -0.334 e. The van der Waals surface area contributed by atoms with E-state index in [9.17, 15) is 4.79 Å². The van der Waals surface area contributed by atoms with E-state index in [0.29, 0.717) is 24.5 Å². The molecule has 0 bridgehead atoms. The first-order valence-electron chi connectivity index (χ1n) is 7.33. The fraction of sp³-hybridized carbons (Fsp3) is 0.158. The second-order valence-corrected chi connectivity index (χ2v) is 5.42. The molecule has 3 nitrogen and oxygen atoms in total. The molecule has 0 N–H and O–H groups in total. The number of halogens is 1. The summed E-state index contributed by atoms with van der Waals surface area (Å²) in [4.78, 5) is 14.1. The van der Waals surface area contributed by atoms with Crippen LogP contribution in [0.25, 0.3) is 6.08 Å². The van der Waals surface area contributed by atoms with Crippen molar-refractivity contribution in [1.82, 2.24) is 4.90 Å². The molecule has 23 heavy (non-hydrogen) atoms. The van der Waals surface area contributed by atoms with Gasteiger partial charge in [0.2, 0.25) is 5.91 Å². The van der Waals surface area contributed by atoms with Crippen LogP contribution in [0.3, 0.4) is 0 Å². The normalized spacial score (nSPS) is 10.4. The first-order chi connectivity index (χ1) is 11.2. The van der Waals surface area contributed by atoms with E-state index in [0.717, 1.165) is 11.1 Å². The molecule has 2 aromatic carbocycles. The molecule has 2 aromatic rings. The highest BCUT2D eigenvalue weighted by Gasteiger charge is 2.11. The molecule has 116 valence electrons. The van der Waals surface area contributed by atoms with Crippen LogP contribution in [0.4, 0.5) is 0 Å². The highest BCUT2D eigenvalue weighted by atomic mass is 35.5. The average molecular weight is 325 g/mol. The van der Waals surface area contributed by atoms with Crippen LogP contribution < -0.4 is 0 Å². The summed E-state index contributed by atoms with van der Waals surface area (Å²) >= 11 is 6.08. The van der Waals surface area contributed by atoms with E-state index in [1.54, 1.807) is 17.0 Å². The molecule has 0 heterocycles. The first kappa shape index (κ1) is 16.8. The predicted molar refractivity (Wildman–Crippen MR) is 92.6 cm³/mol. The monoisotopic (exact) mass is 324 g/mol. The molecular weight excluding hydrogens is 308 g/mol. The van der Waals surface area contributed by atoms with Gasteiger partial charge in [-0.15, -0.1) is 0 Å². The number of carbonyl (C=O) groups excluding carboxylic acids is 1. The van der Waals surface area contributed by atoms with E-state index in [-0.39, 0.29) is 5.91 Å². The molecule has 0 spiro atoms. The fourth-order valence-electron chi connectivity index (χ4n) is 2.13. The third kappa shape index (κ3) is 5.28. The number of rotatable bonds is 6. The summed E-state index contributed by atoms with van der Waals surface area (Å²) in [7, 11) is 0. The zero-order valence-corrected chi connectivity index (χ0v) is 13.4. The predicted octanol–water partition coefficient (Wildman–Crippen LogP) is 4.30. The van der Waals surface area contributed by atoms with Crippen molar-refractivity contribution in [3.05, 3.63) is 76.8 Å². The number of hydrogen-bond acceptors (Lipinski definition) is 2. The van der Waals surface area contributed by atoms with Gasteiger partial charge in [-0.25, -0.2) is 0 Å². The molecule has 0 saturated carbocycles. The number of hydrogen-bond donors (Lipinski definition) is 0. The van der Waals surface area contributed by atoms with Gasteiger partial charge in [-0.3, -0.25) is 4.79 Å². The number of carbonyl (C=O) groups is 1. The third-order valence-electron chi connectivity index (χ3n) is 3.33. The molecule has 0 atom stereocenters. The van der Waals surface area contributed by atoms with Crippen molar-refractivity contribution in [2.45, 2.75) is 13.0 Å². The van der Waals surface area contributed by atoms with Crippen LogP contribution in [-0.4, -0.2) is 17.4 Å². The van der Waals surface area contributed by atoms with Crippen molar-refractivity contribution in [2.75, 3.05) is 6.54 Å². The summed E-state index contributed by atoms with van der Waals surface area (Å²) in [6, 6.07) is 19.1. The molecule has 0 aliphatic heterocycles. The number of nitriles is 1. The van der Waals surface area contributed by atoms with Crippen LogP contribution in [-0.2, 0) is 11.3 Å². The molecule has 1 amide bonds. The Bertz CT molecular complexity index is 720. The standard InChI is InChI=1S/C19H17ClN2O/c20-18-10-5-4-9-17(18)11-12-19(23)22(14-6-13-21)15-16-7-2-1-3-8-16/h1-5,7-12H,6,14-15H2/b12-11+. The van der Waals surface area contributed by atoms with Gasteiger partial charge in [0, 0.05) is 24.2 Å². The molecule has 0 aliphatic rings. The summed E-state index contributed by atoms with van der Waals surface area (Å²) in [5.74, 6) is -0.135. The van der Waals surface area contributed by atoms with Gasteiger partial charge < -0.3 is 4.90 Å². The summed E-state index contributed by atoms with van der Waals surface area (Å²) in [5, 5.41) is 9.38. The molecule has 4 heteroatoms. The third-order valence-corrected chi connectivity index (χ3v) is 3.68. The Kier molecular flexibility index (Phi) is 6.40. The van der Waals surface area contributed by atoms with Crippen molar-refractivity contribution in [3.8, 4) is 6.07 Å². The van der Waals surface area contributed by atoms with Crippen molar-refractivity contribution in [1.29, 1.82) is 5.26 Å². The lowest BCUT2D eigenvalue weighted by molar-refractivity contribution is -0.126. The van der Waals surface area contributed by atoms with Crippen LogP contribution in [0, 0.1) is 11.3 Å². The van der Waals surface area contributed by atoms with E-state index in [1.807, 2.05) is 48.5 Å². The van der Waals surface area contributed by atoms with Crippen LogP contribution in [0.5, 0.6) is 0 Å². The molecule has 0 fully saturated rings. The summed E-state index contributed by atoms with van der Waals surface area (Å²) in [6.07, 6.45) is 3.51. The topological polar surface area (TPSA) is 44.1 Å². The van der Waals surface area contributed by atoms with Gasteiger partial charge in [-0.2, -0.15) is 5.26 Å². The Balaban J connectivity index is 2.10. The second-order valence-electron chi connectivity index (χ2n) is 5.01. The molecule has 0 aliphatic carbocycles. The van der Waals surface area contributed by atoms with Gasteiger partial charge in [0.15, 0.2) is 0 Å². The number of nitrogens with zero attached hydrogens (tertiary/aromatic N) is 2. The SMILES string of the molecule is N#CCCN(Cc1ccccc1)C(=O)/C=C/c1ccccc1Cl. The maximum Gasteiger partial charge on any atom is 0.246 e. The minimum absolute atomic E-state index is 0.135. The Hall–Kier alpha value is -2.57. The van der Waals surface area contributed by atoms with Gasteiger partial charge in [0.05, 0.1) is 12.5 Å². The lowest BCUT2D eigenvalue weighted by Crippen LogP contribution is -2.29. The summed E-state index contributed by atoms with van der Waals surface area (Å²) in [5.41, 5.74) is 1.83. The van der Waals surface area contributed by atoms with Gasteiger partial charge in [-0.05, 0) is 23.3 Å². The van der Waals surface area contributed by atoms with E-state index in [2.05, 4.69) is 6.07 Å². The molecule has 0 unspecified atom stereocenters. The first-order valence-corrected chi connectivity index (χ1v) is 7.71. The zero-order valence-electron chi connectivity index (χ0n) is 12.7. The average Bonchev–Trinajstić information content (AvgIpc) is 2.58. The van der Waals surface area contributed by atoms with Gasteiger partial charge in [0.25, 0.3) is 0 Å². The Labute approximate surface area is 141 Å². The maximum absolute atomic E-state index is 12.4. The van der Waals surface area contributed by atoms with Gasteiger partial charge >= 0.3 is 0 Å². The minimum atomic E-state index is -0.135. The lowest BCUT2D eigenvalue weighted by Gasteiger charge is -2.20. The van der Waals surface area contributed by atoms with Crippen LogP contribution in [0.1, 0.15) is 17.5 Å². The van der Waals surface area contributed by atoms with Crippen molar-refractivity contribution in [2.24, 2.45) is 0 Å². The molecule has 0 aromatic heterocycles. The Morgan fingerprint density at radius 1 is 1.13 bits per heavy atom. The Morgan fingerprint density at radius 3 is 2.52 bits per heavy atom. The lowest BCUT2D eigenvalue weighted by atomic mass is 10.2. The van der Waals surface area contributed by atoms with Crippen LogP contribution >= 0.6 is 11.6 Å². The van der Waals surface area contributed by atoms with E-state index in [1.165, 1.54) is 6.08 Å². The highest BCUT2D eigenvalue weighted by Crippen LogP contribution is 2.16. The van der Waals surface area contributed by atoms with Crippen molar-refractivity contribution >= 4 is 23.6 Å². The summed E-state index contributed by atoms with van der Waals surface area (Å²) < 4.78 is 0. The highest BCUT2D eigenvalue weighted by molar-refractivity contribution is 6.32. The zero-order chi connectivity index (χ0) is 16.5.